The number of cyclic esters (lactones) is 1. The van der Waals surface area contributed by atoms with Crippen molar-refractivity contribution in [3.05, 3.63) is 11.6 Å². The zero-order valence-corrected chi connectivity index (χ0v) is 21.2. The fraction of sp³-hybridized carbons (Fsp3) is 0.852. The number of aliphatic hydroxyl groups excluding tert-OH is 1. The van der Waals surface area contributed by atoms with Crippen LogP contribution in [0.4, 0.5) is 0 Å². The van der Waals surface area contributed by atoms with Crippen LogP contribution in [0.2, 0.25) is 0 Å². The highest BCUT2D eigenvalue weighted by molar-refractivity contribution is 5.85. The van der Waals surface area contributed by atoms with Crippen molar-refractivity contribution in [3.8, 4) is 0 Å². The van der Waals surface area contributed by atoms with E-state index in [4.69, 9.17) is 19.2 Å². The molecule has 0 amide bonds. The molecule has 1 aliphatic heterocycles. The van der Waals surface area contributed by atoms with E-state index in [9.17, 15) is 20.1 Å². The largest absolute Gasteiger partial charge is 0.458 e. The standard InChI is InChI=1S/C27H41NO7/c1-24-8-5-20-21(27(24,32)11-7-19(24)17-12-22(30)35-15-17)6-10-26(31)13-18(29)4-9-25(20,26)16-28-14-23(33-2)34-3/h12,16,18-21,23,29,31-32H,4-11,13-15H2,1-3H3/t18-,19-,20+,21-,24-,25+,26+,27-/m1/s1. The van der Waals surface area contributed by atoms with Crippen molar-refractivity contribution in [1.82, 2.24) is 0 Å². The fourth-order valence-corrected chi connectivity index (χ4v) is 8.91. The molecule has 5 aliphatic rings. The molecule has 3 N–H and O–H groups in total. The van der Waals surface area contributed by atoms with E-state index in [1.54, 1.807) is 20.3 Å². The number of fused-ring (bicyclic) bond motifs is 5. The monoisotopic (exact) mass is 491 g/mol. The van der Waals surface area contributed by atoms with Crippen LogP contribution in [0.15, 0.2) is 16.6 Å². The predicted octanol–water partition coefficient (Wildman–Crippen LogP) is 2.39. The second-order valence-corrected chi connectivity index (χ2v) is 11.9. The minimum absolute atomic E-state index is 0.0208. The van der Waals surface area contributed by atoms with Gasteiger partial charge in [0.1, 0.15) is 6.61 Å². The lowest BCUT2D eigenvalue weighted by molar-refractivity contribution is -0.237. The summed E-state index contributed by atoms with van der Waals surface area (Å²) in [6.07, 6.45) is 8.63. The summed E-state index contributed by atoms with van der Waals surface area (Å²) < 4.78 is 15.8. The molecule has 0 saturated heterocycles. The van der Waals surface area contributed by atoms with E-state index < -0.39 is 29.0 Å². The SMILES string of the molecule is COC(CN=C[C@]12CC[C@@H](O)C[C@@]1(O)CC[C@@H]1[C@@H]2CC[C@]2(C)[C@@H](C3=CC(=O)OC3)CC[C@@]12O)OC. The lowest BCUT2D eigenvalue weighted by Crippen LogP contribution is -2.68. The summed E-state index contributed by atoms with van der Waals surface area (Å²) >= 11 is 0. The molecule has 8 heteroatoms. The maximum absolute atomic E-state index is 12.4. The summed E-state index contributed by atoms with van der Waals surface area (Å²) in [6.45, 7) is 2.85. The van der Waals surface area contributed by atoms with Crippen LogP contribution in [0.25, 0.3) is 0 Å². The first-order chi connectivity index (χ1) is 16.6. The molecule has 0 spiro atoms. The van der Waals surface area contributed by atoms with Crippen LogP contribution in [0.5, 0.6) is 0 Å². The molecule has 0 radical (unpaired) electrons. The summed E-state index contributed by atoms with van der Waals surface area (Å²) in [7, 11) is 3.16. The number of carbonyl (C=O) groups is 1. The van der Waals surface area contributed by atoms with Gasteiger partial charge >= 0.3 is 5.97 Å². The maximum atomic E-state index is 12.4. The zero-order chi connectivity index (χ0) is 25.1. The van der Waals surface area contributed by atoms with Crippen LogP contribution in [0.1, 0.15) is 64.7 Å². The third-order valence-electron chi connectivity index (χ3n) is 10.7. The zero-order valence-electron chi connectivity index (χ0n) is 21.2. The number of rotatable bonds is 6. The molecule has 35 heavy (non-hydrogen) atoms. The summed E-state index contributed by atoms with van der Waals surface area (Å²) in [4.78, 5) is 16.5. The Morgan fingerprint density at radius 1 is 1.11 bits per heavy atom. The first-order valence-corrected chi connectivity index (χ1v) is 13.2. The lowest BCUT2D eigenvalue weighted by atomic mass is 9.41. The molecular weight excluding hydrogens is 450 g/mol. The summed E-state index contributed by atoms with van der Waals surface area (Å²) in [5.74, 6) is -0.0692. The Morgan fingerprint density at radius 2 is 1.86 bits per heavy atom. The molecule has 4 fully saturated rings. The van der Waals surface area contributed by atoms with Crippen LogP contribution in [0.3, 0.4) is 0 Å². The smallest absolute Gasteiger partial charge is 0.331 e. The van der Waals surface area contributed by atoms with E-state index in [1.807, 2.05) is 6.21 Å². The van der Waals surface area contributed by atoms with Crippen molar-refractivity contribution in [2.24, 2.45) is 33.6 Å². The highest BCUT2D eigenvalue weighted by Gasteiger charge is 2.71. The lowest BCUT2D eigenvalue weighted by Gasteiger charge is -2.65. The van der Waals surface area contributed by atoms with Gasteiger partial charge in [0, 0.05) is 43.8 Å². The van der Waals surface area contributed by atoms with E-state index in [0.29, 0.717) is 45.3 Å². The Kier molecular flexibility index (Phi) is 6.45. The molecule has 8 nitrogen and oxygen atoms in total. The number of esters is 1. The van der Waals surface area contributed by atoms with Crippen LogP contribution >= 0.6 is 0 Å². The van der Waals surface area contributed by atoms with Gasteiger partial charge in [0.25, 0.3) is 0 Å². The molecule has 1 heterocycles. The van der Waals surface area contributed by atoms with Crippen LogP contribution < -0.4 is 0 Å². The second kappa shape index (κ2) is 8.91. The van der Waals surface area contributed by atoms with Crippen molar-refractivity contribution in [3.63, 3.8) is 0 Å². The van der Waals surface area contributed by atoms with Gasteiger partial charge in [0.05, 0.1) is 23.9 Å². The van der Waals surface area contributed by atoms with Gasteiger partial charge in [-0.05, 0) is 74.7 Å². The molecule has 0 aromatic heterocycles. The Bertz CT molecular complexity index is 902. The predicted molar refractivity (Wildman–Crippen MR) is 129 cm³/mol. The molecule has 0 aromatic carbocycles. The molecule has 0 aromatic rings. The number of nitrogens with zero attached hydrogens (tertiary/aromatic N) is 1. The maximum Gasteiger partial charge on any atom is 0.331 e. The van der Waals surface area contributed by atoms with E-state index in [1.165, 1.54) is 0 Å². The number of hydrogen-bond acceptors (Lipinski definition) is 8. The van der Waals surface area contributed by atoms with Gasteiger partial charge in [-0.25, -0.2) is 4.79 Å². The average molecular weight is 492 g/mol. The number of aliphatic hydroxyl groups is 3. The minimum atomic E-state index is -1.05. The highest BCUT2D eigenvalue weighted by atomic mass is 16.7. The number of aliphatic imine (C=N–C) groups is 1. The number of hydrogen-bond donors (Lipinski definition) is 3. The van der Waals surface area contributed by atoms with Gasteiger partial charge in [0.2, 0.25) is 0 Å². The first-order valence-electron chi connectivity index (χ1n) is 13.2. The van der Waals surface area contributed by atoms with Crippen LogP contribution in [-0.2, 0) is 19.0 Å². The van der Waals surface area contributed by atoms with Crippen molar-refractivity contribution < 1.29 is 34.3 Å². The molecule has 4 aliphatic carbocycles. The molecule has 8 atom stereocenters. The number of ether oxygens (including phenoxy) is 3. The number of methoxy groups -OCH3 is 2. The van der Waals surface area contributed by atoms with Gasteiger partial charge in [-0.3, -0.25) is 4.99 Å². The van der Waals surface area contributed by atoms with Gasteiger partial charge < -0.3 is 29.5 Å². The minimum Gasteiger partial charge on any atom is -0.458 e. The second-order valence-electron chi connectivity index (χ2n) is 11.9. The quantitative estimate of drug-likeness (QED) is 0.297. The topological polar surface area (TPSA) is 118 Å². The average Bonchev–Trinajstić information content (AvgIpc) is 3.36. The van der Waals surface area contributed by atoms with Gasteiger partial charge in [-0.2, -0.15) is 0 Å². The Hall–Kier alpha value is -1.32. The van der Waals surface area contributed by atoms with Crippen molar-refractivity contribution in [1.29, 1.82) is 0 Å². The van der Waals surface area contributed by atoms with Crippen molar-refractivity contribution in [2.75, 3.05) is 27.4 Å². The highest BCUT2D eigenvalue weighted by Crippen LogP contribution is 2.70. The third-order valence-corrected chi connectivity index (χ3v) is 10.7. The summed E-state index contributed by atoms with van der Waals surface area (Å²) in [6, 6.07) is 0. The Labute approximate surface area is 207 Å². The molecule has 0 unspecified atom stereocenters. The molecular formula is C27H41NO7. The molecule has 5 rings (SSSR count). The molecule has 0 bridgehead atoms. The van der Waals surface area contributed by atoms with E-state index in [-0.39, 0.29) is 29.1 Å². The van der Waals surface area contributed by atoms with Gasteiger partial charge in [0.15, 0.2) is 6.29 Å². The van der Waals surface area contributed by atoms with Crippen LogP contribution in [0, 0.1) is 28.6 Å². The van der Waals surface area contributed by atoms with Crippen molar-refractivity contribution in [2.45, 2.75) is 88.3 Å². The fourth-order valence-electron chi connectivity index (χ4n) is 8.91. The van der Waals surface area contributed by atoms with Crippen molar-refractivity contribution >= 4 is 12.2 Å². The molecule has 196 valence electrons. The third kappa shape index (κ3) is 3.66. The summed E-state index contributed by atoms with van der Waals surface area (Å²) in [5, 5.41) is 34.9. The summed E-state index contributed by atoms with van der Waals surface area (Å²) in [5.41, 5.74) is -1.87. The number of carbonyl (C=O) groups excluding carboxylic acids is 1. The van der Waals surface area contributed by atoms with Crippen LogP contribution in [-0.4, -0.2) is 78.5 Å². The van der Waals surface area contributed by atoms with Gasteiger partial charge in [-0.15, -0.1) is 0 Å². The molecule has 4 saturated carbocycles. The Morgan fingerprint density at radius 3 is 2.54 bits per heavy atom. The van der Waals surface area contributed by atoms with E-state index >= 15 is 0 Å². The normalized spacial score (nSPS) is 47.4. The van der Waals surface area contributed by atoms with E-state index in [0.717, 1.165) is 31.3 Å². The van der Waals surface area contributed by atoms with Gasteiger partial charge in [-0.1, -0.05) is 6.92 Å². The Balaban J connectivity index is 1.49. The van der Waals surface area contributed by atoms with E-state index in [2.05, 4.69) is 6.92 Å². The first kappa shape index (κ1) is 25.3.